The minimum atomic E-state index is -3.60. The monoisotopic (exact) mass is 383 g/mol. The largest absolute Gasteiger partial charge is 0.491 e. The van der Waals surface area contributed by atoms with E-state index in [4.69, 9.17) is 4.74 Å². The van der Waals surface area contributed by atoms with Crippen LogP contribution >= 0.6 is 0 Å². The third-order valence-corrected chi connectivity index (χ3v) is 5.39. The normalized spacial score (nSPS) is 16.5. The fourth-order valence-electron chi connectivity index (χ4n) is 2.94. The molecule has 26 heavy (non-hydrogen) atoms. The minimum absolute atomic E-state index is 0.0235. The molecule has 1 N–H and O–H groups in total. The quantitative estimate of drug-likeness (QED) is 0.771. The van der Waals surface area contributed by atoms with Gasteiger partial charge in [-0.25, -0.2) is 8.42 Å². The smallest absolute Gasteiger partial charge is 0.240 e. The molecular weight excluding hydrogens is 354 g/mol. The number of nitrogens with zero attached hydrogens (tertiary/aromatic N) is 2. The van der Waals surface area contributed by atoms with Gasteiger partial charge in [0.15, 0.2) is 0 Å². The number of carbonyl (C=O) groups is 1. The fourth-order valence-corrected chi connectivity index (χ4v) is 3.79. The number of amides is 1. The van der Waals surface area contributed by atoms with Crippen molar-refractivity contribution in [2.24, 2.45) is 0 Å². The molecule has 1 aliphatic rings. The third kappa shape index (κ3) is 6.17. The highest BCUT2D eigenvalue weighted by Gasteiger charge is 2.24. The number of likely N-dealkylation sites (tertiary alicyclic amines) is 1. The van der Waals surface area contributed by atoms with Gasteiger partial charge in [0.25, 0.3) is 0 Å². The van der Waals surface area contributed by atoms with Gasteiger partial charge in [0.05, 0.1) is 18.0 Å². The Labute approximate surface area is 156 Å². The number of piperidine rings is 1. The molecule has 1 saturated heterocycles. The first-order valence-electron chi connectivity index (χ1n) is 8.87. The van der Waals surface area contributed by atoms with Crippen molar-refractivity contribution in [1.82, 2.24) is 10.2 Å². The average molecular weight is 384 g/mol. The molecule has 0 atom stereocenters. The number of anilines is 1. The molecule has 0 spiro atoms. The van der Waals surface area contributed by atoms with Gasteiger partial charge in [-0.1, -0.05) is 6.07 Å². The van der Waals surface area contributed by atoms with Crippen molar-refractivity contribution < 1.29 is 17.9 Å². The second-order valence-electron chi connectivity index (χ2n) is 7.08. The van der Waals surface area contributed by atoms with Gasteiger partial charge in [-0.15, -0.1) is 0 Å². The van der Waals surface area contributed by atoms with E-state index in [0.29, 0.717) is 11.4 Å². The summed E-state index contributed by atoms with van der Waals surface area (Å²) in [5.74, 6) is 0.280. The van der Waals surface area contributed by atoms with Crippen LogP contribution in [0.15, 0.2) is 24.3 Å². The molecule has 0 saturated carbocycles. The summed E-state index contributed by atoms with van der Waals surface area (Å²) in [5, 5.41) is 2.96. The van der Waals surface area contributed by atoms with Crippen LogP contribution in [0.5, 0.6) is 5.75 Å². The average Bonchev–Trinajstić information content (AvgIpc) is 2.53. The fraction of sp³-hybridized carbons (Fsp3) is 0.611. The summed E-state index contributed by atoms with van der Waals surface area (Å²) in [6.07, 6.45) is 2.83. The molecule has 1 aromatic rings. The molecule has 2 rings (SSSR count). The van der Waals surface area contributed by atoms with Gasteiger partial charge >= 0.3 is 0 Å². The first-order valence-corrected chi connectivity index (χ1v) is 10.7. The van der Waals surface area contributed by atoms with Crippen LogP contribution in [0, 0.1) is 0 Å². The molecule has 0 unspecified atom stereocenters. The molecule has 1 fully saturated rings. The van der Waals surface area contributed by atoms with Gasteiger partial charge in [0.2, 0.25) is 15.9 Å². The molecule has 7 nitrogen and oxygen atoms in total. The topological polar surface area (TPSA) is 79.0 Å². The van der Waals surface area contributed by atoms with E-state index in [-0.39, 0.29) is 24.6 Å². The van der Waals surface area contributed by atoms with Gasteiger partial charge < -0.3 is 15.0 Å². The van der Waals surface area contributed by atoms with Crippen LogP contribution in [-0.2, 0) is 14.8 Å². The molecule has 0 bridgehead atoms. The highest BCUT2D eigenvalue weighted by Crippen LogP contribution is 2.24. The molecule has 1 amide bonds. The van der Waals surface area contributed by atoms with E-state index >= 15 is 0 Å². The van der Waals surface area contributed by atoms with Gasteiger partial charge in [0, 0.05) is 12.1 Å². The standard InChI is InChI=1S/C18H29N3O4S/c1-14(2)25-17-7-5-6-16(12-17)21(26(4,23)24)13-18(22)19-15-8-10-20(3)11-9-15/h5-7,12,14-15H,8-11,13H2,1-4H3,(H,19,22). The highest BCUT2D eigenvalue weighted by atomic mass is 32.2. The summed E-state index contributed by atoms with van der Waals surface area (Å²) in [5.41, 5.74) is 0.421. The van der Waals surface area contributed by atoms with E-state index in [2.05, 4.69) is 17.3 Å². The molecule has 8 heteroatoms. The predicted molar refractivity (Wildman–Crippen MR) is 103 cm³/mol. The predicted octanol–water partition coefficient (Wildman–Crippen LogP) is 1.45. The van der Waals surface area contributed by atoms with E-state index in [0.717, 1.165) is 36.5 Å². The van der Waals surface area contributed by atoms with Crippen molar-refractivity contribution in [1.29, 1.82) is 0 Å². The lowest BCUT2D eigenvalue weighted by Gasteiger charge is -2.30. The van der Waals surface area contributed by atoms with Crippen LogP contribution < -0.4 is 14.4 Å². The molecule has 1 aromatic carbocycles. The van der Waals surface area contributed by atoms with Gasteiger partial charge in [-0.3, -0.25) is 9.10 Å². The second-order valence-corrected chi connectivity index (χ2v) is 8.99. The molecule has 146 valence electrons. The molecule has 1 heterocycles. The molecule has 1 aliphatic heterocycles. The van der Waals surface area contributed by atoms with Crippen molar-refractivity contribution in [2.45, 2.75) is 38.8 Å². The number of hydrogen-bond donors (Lipinski definition) is 1. The lowest BCUT2D eigenvalue weighted by Crippen LogP contribution is -2.47. The highest BCUT2D eigenvalue weighted by molar-refractivity contribution is 7.92. The maximum atomic E-state index is 12.4. The number of sulfonamides is 1. The van der Waals surface area contributed by atoms with Gasteiger partial charge in [-0.2, -0.15) is 0 Å². The minimum Gasteiger partial charge on any atom is -0.491 e. The van der Waals surface area contributed by atoms with Gasteiger partial charge in [0.1, 0.15) is 12.3 Å². The Morgan fingerprint density at radius 3 is 2.58 bits per heavy atom. The van der Waals surface area contributed by atoms with E-state index in [1.165, 1.54) is 0 Å². The van der Waals surface area contributed by atoms with Crippen LogP contribution in [0.4, 0.5) is 5.69 Å². The van der Waals surface area contributed by atoms with Crippen LogP contribution in [0.3, 0.4) is 0 Å². The molecular formula is C18H29N3O4S. The summed E-state index contributed by atoms with van der Waals surface area (Å²) in [4.78, 5) is 14.6. The van der Waals surface area contributed by atoms with Crippen molar-refractivity contribution >= 4 is 21.6 Å². The zero-order chi connectivity index (χ0) is 19.3. The lowest BCUT2D eigenvalue weighted by atomic mass is 10.1. The molecule has 0 aromatic heterocycles. The van der Waals surface area contributed by atoms with E-state index in [1.54, 1.807) is 24.3 Å². The van der Waals surface area contributed by atoms with Crippen LogP contribution in [0.1, 0.15) is 26.7 Å². The van der Waals surface area contributed by atoms with Crippen molar-refractivity contribution in [2.75, 3.05) is 37.2 Å². The van der Waals surface area contributed by atoms with Crippen molar-refractivity contribution in [3.05, 3.63) is 24.3 Å². The van der Waals surface area contributed by atoms with E-state index < -0.39 is 10.0 Å². The van der Waals surface area contributed by atoms with E-state index in [9.17, 15) is 13.2 Å². The maximum absolute atomic E-state index is 12.4. The van der Waals surface area contributed by atoms with Crippen LogP contribution in [-0.4, -0.2) is 64.3 Å². The Balaban J connectivity index is 2.09. The first kappa shape index (κ1) is 20.5. The first-order chi connectivity index (χ1) is 12.1. The number of hydrogen-bond acceptors (Lipinski definition) is 5. The Hall–Kier alpha value is -1.80. The van der Waals surface area contributed by atoms with Crippen LogP contribution in [0.2, 0.25) is 0 Å². The lowest BCUT2D eigenvalue weighted by molar-refractivity contribution is -0.120. The van der Waals surface area contributed by atoms with Crippen molar-refractivity contribution in [3.63, 3.8) is 0 Å². The zero-order valence-corrected chi connectivity index (χ0v) is 16.8. The number of carbonyl (C=O) groups excluding carboxylic acids is 1. The number of benzene rings is 1. The third-order valence-electron chi connectivity index (χ3n) is 4.25. The molecule has 0 radical (unpaired) electrons. The number of ether oxygens (including phenoxy) is 1. The summed E-state index contributed by atoms with van der Waals surface area (Å²) in [6.45, 7) is 5.41. The maximum Gasteiger partial charge on any atom is 0.240 e. The summed E-state index contributed by atoms with van der Waals surface area (Å²) in [6, 6.07) is 6.89. The summed E-state index contributed by atoms with van der Waals surface area (Å²) >= 11 is 0. The zero-order valence-electron chi connectivity index (χ0n) is 15.9. The van der Waals surface area contributed by atoms with E-state index in [1.807, 2.05) is 13.8 Å². The Bertz CT molecular complexity index is 713. The number of rotatable bonds is 7. The number of nitrogens with one attached hydrogen (secondary N) is 1. The summed E-state index contributed by atoms with van der Waals surface area (Å²) in [7, 11) is -1.55. The molecule has 0 aliphatic carbocycles. The van der Waals surface area contributed by atoms with Gasteiger partial charge in [-0.05, 0) is 59.0 Å². The Morgan fingerprint density at radius 1 is 1.35 bits per heavy atom. The van der Waals surface area contributed by atoms with Crippen molar-refractivity contribution in [3.8, 4) is 5.75 Å². The Kier molecular flexibility index (Phi) is 6.88. The summed E-state index contributed by atoms with van der Waals surface area (Å²) < 4.78 is 31.2. The van der Waals surface area contributed by atoms with Crippen LogP contribution in [0.25, 0.3) is 0 Å². The second kappa shape index (κ2) is 8.73. The SMILES string of the molecule is CC(C)Oc1cccc(N(CC(=O)NC2CCN(C)CC2)S(C)(=O)=O)c1. The Morgan fingerprint density at radius 2 is 2.00 bits per heavy atom.